The molecular formula is C40H63N11O10. The molecule has 13 N–H and O–H groups in total. The number of hydrogen-bond donors (Lipinski definition) is 10. The fourth-order valence-corrected chi connectivity index (χ4v) is 6.41. The number of amides is 5. The molecule has 4 atom stereocenters. The van der Waals surface area contributed by atoms with Crippen LogP contribution in [0.25, 0.3) is 0 Å². The highest BCUT2D eigenvalue weighted by atomic mass is 16.5. The number of aromatic nitrogens is 1. The highest BCUT2D eigenvalue weighted by Gasteiger charge is 2.36. The Morgan fingerprint density at radius 2 is 1.62 bits per heavy atom. The van der Waals surface area contributed by atoms with Crippen LogP contribution < -0.4 is 54.2 Å². The highest BCUT2D eigenvalue weighted by Crippen LogP contribution is 2.27. The summed E-state index contributed by atoms with van der Waals surface area (Å²) in [5.74, 6) is 1.89. The minimum Gasteiger partial charge on any atom is -0.494 e. The zero-order chi connectivity index (χ0) is 44.4. The lowest BCUT2D eigenvalue weighted by atomic mass is 9.81. The van der Waals surface area contributed by atoms with Crippen molar-refractivity contribution in [1.29, 1.82) is 0 Å². The van der Waals surface area contributed by atoms with Crippen LogP contribution in [0.15, 0.2) is 47.6 Å². The maximum atomic E-state index is 14.0. The number of nitrogen functional groups attached to an aromatic ring is 1. The van der Waals surface area contributed by atoms with Crippen LogP contribution in [0, 0.1) is 17.8 Å². The lowest BCUT2D eigenvalue weighted by Crippen LogP contribution is -2.56. The second-order valence-electron chi connectivity index (χ2n) is 14.7. The largest absolute Gasteiger partial charge is 0.494 e. The third-order valence-corrected chi connectivity index (χ3v) is 9.49. The zero-order valence-electron chi connectivity index (χ0n) is 35.0. The smallest absolute Gasteiger partial charge is 0.252 e. The number of fused-ring (bicyclic) bond motifs is 11. The fourth-order valence-electron chi connectivity index (χ4n) is 6.41. The molecule has 3 heterocycles. The molecule has 21 nitrogen and oxygen atoms in total. The van der Waals surface area contributed by atoms with Gasteiger partial charge in [0.1, 0.15) is 23.7 Å². The maximum absolute atomic E-state index is 14.0. The van der Waals surface area contributed by atoms with Crippen molar-refractivity contribution in [2.75, 3.05) is 71.3 Å². The van der Waals surface area contributed by atoms with Crippen molar-refractivity contribution in [3.05, 3.63) is 53.7 Å². The Labute approximate surface area is 355 Å². The third kappa shape index (κ3) is 19.1. The molecule has 1 aromatic carbocycles. The van der Waals surface area contributed by atoms with Crippen LogP contribution in [-0.2, 0) is 39.8 Å². The number of hydrogen-bond acceptors (Lipinski definition) is 14. The van der Waals surface area contributed by atoms with Gasteiger partial charge in [-0.3, -0.25) is 34.2 Å². The van der Waals surface area contributed by atoms with E-state index in [1.807, 2.05) is 13.8 Å². The van der Waals surface area contributed by atoms with Crippen LogP contribution in [0.1, 0.15) is 61.9 Å². The molecule has 0 fully saturated rings. The van der Waals surface area contributed by atoms with E-state index in [0.717, 1.165) is 5.56 Å². The minimum atomic E-state index is -1.13. The van der Waals surface area contributed by atoms with E-state index in [0.29, 0.717) is 69.4 Å². The summed E-state index contributed by atoms with van der Waals surface area (Å²) < 4.78 is 22.4. The van der Waals surface area contributed by atoms with Crippen molar-refractivity contribution in [2.24, 2.45) is 40.1 Å². The predicted molar refractivity (Wildman–Crippen MR) is 225 cm³/mol. The second-order valence-corrected chi connectivity index (χ2v) is 14.7. The monoisotopic (exact) mass is 857 g/mol. The average molecular weight is 858 g/mol. The zero-order valence-corrected chi connectivity index (χ0v) is 35.0. The molecule has 2 bridgehead atoms. The summed E-state index contributed by atoms with van der Waals surface area (Å²) in [6, 6.07) is 8.16. The fraction of sp³-hybridized carbons (Fsp3) is 0.575. The van der Waals surface area contributed by atoms with E-state index in [-0.39, 0.29) is 70.0 Å². The van der Waals surface area contributed by atoms with E-state index in [2.05, 4.69) is 36.7 Å². The van der Waals surface area contributed by atoms with Crippen LogP contribution in [-0.4, -0.2) is 124 Å². The summed E-state index contributed by atoms with van der Waals surface area (Å²) in [4.78, 5) is 74.5. The molecule has 2 aliphatic heterocycles. The highest BCUT2D eigenvalue weighted by molar-refractivity contribution is 5.94. The van der Waals surface area contributed by atoms with Crippen LogP contribution in [0.2, 0.25) is 0 Å². The molecule has 2 aliphatic rings. The summed E-state index contributed by atoms with van der Waals surface area (Å²) in [7, 11) is 0. The topological polar surface area (TPSA) is 318 Å². The molecule has 0 saturated heterocycles. The quantitative estimate of drug-likeness (QED) is 0.0159. The Kier molecular flexibility index (Phi) is 22.8. The van der Waals surface area contributed by atoms with E-state index in [9.17, 15) is 29.2 Å². The molecule has 0 unspecified atom stereocenters. The van der Waals surface area contributed by atoms with Crippen molar-refractivity contribution in [2.45, 2.75) is 64.5 Å². The summed E-state index contributed by atoms with van der Waals surface area (Å²) in [6.45, 7) is 6.41. The Morgan fingerprint density at radius 3 is 2.23 bits per heavy atom. The molecular weight excluding hydrogens is 795 g/mol. The molecule has 0 spiro atoms. The summed E-state index contributed by atoms with van der Waals surface area (Å²) in [5.41, 5.74) is 16.2. The van der Waals surface area contributed by atoms with Crippen LogP contribution >= 0.6 is 0 Å². The third-order valence-electron chi connectivity index (χ3n) is 9.49. The first kappa shape index (κ1) is 49.8. The lowest BCUT2D eigenvalue weighted by Gasteiger charge is -2.29. The first-order valence-corrected chi connectivity index (χ1v) is 20.4. The Bertz CT molecular complexity index is 1680. The van der Waals surface area contributed by atoms with Crippen molar-refractivity contribution < 1.29 is 48.1 Å². The number of hydrazine groups is 1. The van der Waals surface area contributed by atoms with E-state index in [1.54, 1.807) is 41.9 Å². The Hall–Kier alpha value is -5.61. The van der Waals surface area contributed by atoms with E-state index < -0.39 is 47.5 Å². The van der Waals surface area contributed by atoms with E-state index >= 15 is 0 Å². The van der Waals surface area contributed by atoms with Gasteiger partial charge in [-0.2, -0.15) is 0 Å². The van der Waals surface area contributed by atoms with Gasteiger partial charge in [-0.15, -0.1) is 0 Å². The normalized spacial score (nSPS) is 17.2. The van der Waals surface area contributed by atoms with Gasteiger partial charge in [0.05, 0.1) is 57.7 Å². The molecule has 61 heavy (non-hydrogen) atoms. The number of guanidine groups is 1. The molecule has 338 valence electrons. The molecule has 5 amide bonds. The molecule has 1 aromatic heterocycles. The minimum absolute atomic E-state index is 0.0103. The van der Waals surface area contributed by atoms with Gasteiger partial charge in [0.2, 0.25) is 23.6 Å². The summed E-state index contributed by atoms with van der Waals surface area (Å²) in [6.07, 6.45) is 3.03. The number of ether oxygens (including phenoxy) is 4. The van der Waals surface area contributed by atoms with Gasteiger partial charge in [-0.25, -0.2) is 16.3 Å². The number of pyridine rings is 1. The van der Waals surface area contributed by atoms with Gasteiger partial charge in [-0.1, -0.05) is 26.0 Å². The SMILES string of the molecule is CC(C)C[C@H]1C(=O)N[C@H](C(=O)N[C@@H](CCCN=C(N)N)C(=O)NCCOCCOCCOCCNC(=O)c2ccc(NN)nc2)Cc2ccc(cc2)OCCC[C@@H]1C(=O)NO. The second kappa shape index (κ2) is 28.0. The number of nitrogens with one attached hydrogen (secondary N) is 6. The van der Waals surface area contributed by atoms with Gasteiger partial charge in [-0.05, 0) is 67.9 Å². The van der Waals surface area contributed by atoms with E-state index in [1.165, 1.54) is 6.20 Å². The van der Waals surface area contributed by atoms with Crippen molar-refractivity contribution in [1.82, 2.24) is 31.7 Å². The Morgan fingerprint density at radius 1 is 0.951 bits per heavy atom. The lowest BCUT2D eigenvalue weighted by molar-refractivity contribution is -0.142. The first-order chi connectivity index (χ1) is 29.4. The van der Waals surface area contributed by atoms with Gasteiger partial charge >= 0.3 is 0 Å². The van der Waals surface area contributed by atoms with Crippen LogP contribution in [0.5, 0.6) is 5.75 Å². The summed E-state index contributed by atoms with van der Waals surface area (Å²) >= 11 is 0. The number of carbonyl (C=O) groups excluding carboxylic acids is 5. The standard InChI is InChI=1S/C40H63N11O10/c1-26(2)23-31-30(37(54)51-57)5-4-16-61-29-10-7-27(8-11-29)24-33(49-36(31)53)39(56)48-32(6-3-13-46-40(41)42)38(55)45-15-18-59-20-22-60-21-19-58-17-14-44-35(52)28-9-12-34(50-43)47-25-28/h7-12,25-26,30-33,57H,3-6,13-24,43H2,1-2H3,(H,44,52)(H,45,55)(H,47,50)(H,48,56)(H,49,53)(H,51,54)(H4,41,42,46)/t30-,31+,32-,33-/m0/s1. The number of aliphatic imine (C=N–C) groups is 1. The van der Waals surface area contributed by atoms with Gasteiger partial charge < -0.3 is 57.1 Å². The number of carbonyl (C=O) groups is 5. The molecule has 4 rings (SSSR count). The van der Waals surface area contributed by atoms with Crippen LogP contribution in [0.3, 0.4) is 0 Å². The number of nitrogens with zero attached hydrogens (tertiary/aromatic N) is 2. The Balaban J connectivity index is 1.51. The van der Waals surface area contributed by atoms with Crippen molar-refractivity contribution >= 4 is 41.3 Å². The van der Waals surface area contributed by atoms with Crippen molar-refractivity contribution in [3.8, 4) is 5.75 Å². The van der Waals surface area contributed by atoms with E-state index in [4.69, 9.17) is 36.3 Å². The van der Waals surface area contributed by atoms with Gasteiger partial charge in [0.25, 0.3) is 5.91 Å². The number of anilines is 1. The predicted octanol–water partition coefficient (Wildman–Crippen LogP) is -0.515. The molecule has 2 aromatic rings. The molecule has 0 saturated carbocycles. The average Bonchev–Trinajstić information content (AvgIpc) is 3.25. The van der Waals surface area contributed by atoms with Crippen molar-refractivity contribution in [3.63, 3.8) is 0 Å². The van der Waals surface area contributed by atoms with Crippen LogP contribution in [0.4, 0.5) is 5.82 Å². The first-order valence-electron chi connectivity index (χ1n) is 20.4. The summed E-state index contributed by atoms with van der Waals surface area (Å²) in [5, 5.41) is 20.8. The molecule has 0 radical (unpaired) electrons. The van der Waals surface area contributed by atoms with Gasteiger partial charge in [0, 0.05) is 38.2 Å². The number of benzene rings is 1. The number of nitrogens with two attached hydrogens (primary N) is 3. The molecule has 21 heteroatoms. The maximum Gasteiger partial charge on any atom is 0.252 e. The number of hydroxylamine groups is 1. The molecule has 0 aliphatic carbocycles. The number of rotatable bonds is 24. The van der Waals surface area contributed by atoms with Gasteiger partial charge in [0.15, 0.2) is 5.96 Å².